The van der Waals surface area contributed by atoms with E-state index < -0.39 is 5.97 Å². The predicted molar refractivity (Wildman–Crippen MR) is 92.9 cm³/mol. The first-order chi connectivity index (χ1) is 12.0. The number of carbonyl (C=O) groups is 1. The van der Waals surface area contributed by atoms with Crippen LogP contribution in [0.5, 0.6) is 5.75 Å². The van der Waals surface area contributed by atoms with E-state index in [1.165, 1.54) is 10.5 Å². The number of hydrogen-bond acceptors (Lipinski definition) is 5. The minimum atomic E-state index is -0.555. The Morgan fingerprint density at radius 1 is 1.20 bits per heavy atom. The van der Waals surface area contributed by atoms with Gasteiger partial charge in [-0.15, -0.1) is 0 Å². The Kier molecular flexibility index (Phi) is 5.00. The SMILES string of the molecule is Cc1ccc2nc(COC(=O)COc3ccc(Cl)cc3)cc(=O)n2c1. The Morgan fingerprint density at radius 3 is 2.72 bits per heavy atom. The van der Waals surface area contributed by atoms with E-state index in [0.717, 1.165) is 5.56 Å². The summed E-state index contributed by atoms with van der Waals surface area (Å²) < 4.78 is 11.8. The third kappa shape index (κ3) is 4.36. The summed E-state index contributed by atoms with van der Waals surface area (Å²) >= 11 is 5.77. The number of carbonyl (C=O) groups excluding carboxylic acids is 1. The largest absolute Gasteiger partial charge is 0.482 e. The van der Waals surface area contributed by atoms with Gasteiger partial charge in [-0.1, -0.05) is 17.7 Å². The number of rotatable bonds is 5. The molecular formula is C18H15ClN2O4. The van der Waals surface area contributed by atoms with Crippen molar-refractivity contribution in [2.24, 2.45) is 0 Å². The van der Waals surface area contributed by atoms with E-state index in [0.29, 0.717) is 22.1 Å². The molecule has 1 aromatic carbocycles. The summed E-state index contributed by atoms with van der Waals surface area (Å²) in [4.78, 5) is 28.2. The van der Waals surface area contributed by atoms with Crippen LogP contribution in [-0.2, 0) is 16.1 Å². The molecule has 2 aromatic heterocycles. The summed E-state index contributed by atoms with van der Waals surface area (Å²) in [5, 5.41) is 0.582. The number of ether oxygens (including phenoxy) is 2. The summed E-state index contributed by atoms with van der Waals surface area (Å²) in [6.07, 6.45) is 1.71. The molecule has 0 saturated carbocycles. The maximum absolute atomic E-state index is 12.1. The van der Waals surface area contributed by atoms with Gasteiger partial charge in [0.2, 0.25) is 0 Å². The van der Waals surface area contributed by atoms with Crippen LogP contribution in [0, 0.1) is 6.92 Å². The molecule has 3 rings (SSSR count). The van der Waals surface area contributed by atoms with Crippen LogP contribution in [0.2, 0.25) is 5.02 Å². The second-order valence-corrected chi connectivity index (χ2v) is 5.86. The Balaban J connectivity index is 1.60. The van der Waals surface area contributed by atoms with Gasteiger partial charge in [0.05, 0.1) is 5.69 Å². The molecule has 0 amide bonds. The summed E-state index contributed by atoms with van der Waals surface area (Å²) in [6.45, 7) is 1.55. The van der Waals surface area contributed by atoms with Crippen molar-refractivity contribution in [1.29, 1.82) is 0 Å². The molecule has 0 N–H and O–H groups in total. The zero-order valence-electron chi connectivity index (χ0n) is 13.4. The van der Waals surface area contributed by atoms with E-state index in [1.54, 1.807) is 36.5 Å². The first-order valence-corrected chi connectivity index (χ1v) is 7.92. The molecule has 0 fully saturated rings. The van der Waals surface area contributed by atoms with Crippen LogP contribution in [0.4, 0.5) is 0 Å². The lowest BCUT2D eigenvalue weighted by atomic mass is 10.3. The van der Waals surface area contributed by atoms with Crippen molar-refractivity contribution in [3.05, 3.63) is 75.3 Å². The number of fused-ring (bicyclic) bond motifs is 1. The van der Waals surface area contributed by atoms with Crippen LogP contribution in [0.3, 0.4) is 0 Å². The fraction of sp³-hybridized carbons (Fsp3) is 0.167. The van der Waals surface area contributed by atoms with Crippen molar-refractivity contribution >= 4 is 23.2 Å². The first-order valence-electron chi connectivity index (χ1n) is 7.54. The smallest absolute Gasteiger partial charge is 0.344 e. The Labute approximate surface area is 148 Å². The van der Waals surface area contributed by atoms with Gasteiger partial charge >= 0.3 is 5.97 Å². The number of aryl methyl sites for hydroxylation is 1. The molecule has 0 aliphatic heterocycles. The summed E-state index contributed by atoms with van der Waals surface area (Å²) in [7, 11) is 0. The van der Waals surface area contributed by atoms with Crippen molar-refractivity contribution < 1.29 is 14.3 Å². The van der Waals surface area contributed by atoms with Crippen molar-refractivity contribution in [3.63, 3.8) is 0 Å². The minimum absolute atomic E-state index is 0.0948. The highest BCUT2D eigenvalue weighted by Crippen LogP contribution is 2.15. The lowest BCUT2D eigenvalue weighted by Gasteiger charge is -2.08. The van der Waals surface area contributed by atoms with Crippen molar-refractivity contribution in [3.8, 4) is 5.75 Å². The Hall–Kier alpha value is -2.86. The molecule has 6 nitrogen and oxygen atoms in total. The Bertz CT molecular complexity index is 967. The van der Waals surface area contributed by atoms with Gasteiger partial charge in [-0.2, -0.15) is 0 Å². The van der Waals surface area contributed by atoms with Gasteiger partial charge in [-0.25, -0.2) is 9.78 Å². The third-order valence-corrected chi connectivity index (χ3v) is 3.66. The van der Waals surface area contributed by atoms with Gasteiger partial charge < -0.3 is 9.47 Å². The summed E-state index contributed by atoms with van der Waals surface area (Å²) in [6, 6.07) is 11.6. The fourth-order valence-electron chi connectivity index (χ4n) is 2.20. The highest BCUT2D eigenvalue weighted by Gasteiger charge is 2.08. The van der Waals surface area contributed by atoms with Gasteiger partial charge in [0.1, 0.15) is 18.0 Å². The summed E-state index contributed by atoms with van der Waals surface area (Å²) in [5.74, 6) is -0.0420. The van der Waals surface area contributed by atoms with Gasteiger partial charge in [-0.3, -0.25) is 9.20 Å². The van der Waals surface area contributed by atoms with E-state index in [2.05, 4.69) is 4.98 Å². The number of nitrogens with zero attached hydrogens (tertiary/aromatic N) is 2. The van der Waals surface area contributed by atoms with Gasteiger partial charge in [0.25, 0.3) is 5.56 Å². The molecule has 0 saturated heterocycles. The molecule has 0 unspecified atom stereocenters. The van der Waals surface area contributed by atoms with Crippen LogP contribution in [0.1, 0.15) is 11.3 Å². The number of halogens is 1. The highest BCUT2D eigenvalue weighted by molar-refractivity contribution is 6.30. The molecule has 0 spiro atoms. The predicted octanol–water partition coefficient (Wildman–Crippen LogP) is 2.78. The Morgan fingerprint density at radius 2 is 1.96 bits per heavy atom. The molecular weight excluding hydrogens is 344 g/mol. The van der Waals surface area contributed by atoms with Crippen LogP contribution in [0.15, 0.2) is 53.5 Å². The first kappa shape index (κ1) is 17.0. The second-order valence-electron chi connectivity index (χ2n) is 5.42. The lowest BCUT2D eigenvalue weighted by Crippen LogP contribution is -2.18. The molecule has 2 heterocycles. The number of pyridine rings is 1. The quantitative estimate of drug-likeness (QED) is 0.656. The molecule has 3 aromatic rings. The van der Waals surface area contributed by atoms with Crippen LogP contribution in [0.25, 0.3) is 5.65 Å². The molecule has 0 bridgehead atoms. The van der Waals surface area contributed by atoms with Crippen molar-refractivity contribution in [2.45, 2.75) is 13.5 Å². The summed E-state index contributed by atoms with van der Waals surface area (Å²) in [5.41, 5.74) is 1.61. The zero-order chi connectivity index (χ0) is 17.8. The molecule has 0 aliphatic rings. The van der Waals surface area contributed by atoms with Crippen LogP contribution < -0.4 is 10.3 Å². The molecule has 0 radical (unpaired) electrons. The van der Waals surface area contributed by atoms with Gasteiger partial charge in [0.15, 0.2) is 6.61 Å². The zero-order valence-corrected chi connectivity index (χ0v) is 14.2. The highest BCUT2D eigenvalue weighted by atomic mass is 35.5. The lowest BCUT2D eigenvalue weighted by molar-refractivity contribution is -0.147. The minimum Gasteiger partial charge on any atom is -0.482 e. The van der Waals surface area contributed by atoms with E-state index >= 15 is 0 Å². The molecule has 7 heteroatoms. The fourth-order valence-corrected chi connectivity index (χ4v) is 2.33. The van der Waals surface area contributed by atoms with Crippen molar-refractivity contribution in [2.75, 3.05) is 6.61 Å². The average Bonchev–Trinajstić information content (AvgIpc) is 2.60. The molecule has 128 valence electrons. The van der Waals surface area contributed by atoms with Gasteiger partial charge in [-0.05, 0) is 42.8 Å². The van der Waals surface area contributed by atoms with E-state index in [4.69, 9.17) is 21.1 Å². The number of benzene rings is 1. The number of aromatic nitrogens is 2. The van der Waals surface area contributed by atoms with E-state index in [1.807, 2.05) is 13.0 Å². The van der Waals surface area contributed by atoms with E-state index in [9.17, 15) is 9.59 Å². The van der Waals surface area contributed by atoms with Gasteiger partial charge in [0, 0.05) is 17.3 Å². The normalized spacial score (nSPS) is 10.6. The molecule has 0 aliphatic carbocycles. The molecule has 25 heavy (non-hydrogen) atoms. The number of hydrogen-bond donors (Lipinski definition) is 0. The maximum Gasteiger partial charge on any atom is 0.344 e. The van der Waals surface area contributed by atoms with Crippen LogP contribution in [-0.4, -0.2) is 22.0 Å². The second kappa shape index (κ2) is 7.36. The number of esters is 1. The van der Waals surface area contributed by atoms with E-state index in [-0.39, 0.29) is 18.8 Å². The monoisotopic (exact) mass is 358 g/mol. The third-order valence-electron chi connectivity index (χ3n) is 3.41. The van der Waals surface area contributed by atoms with Crippen molar-refractivity contribution in [1.82, 2.24) is 9.38 Å². The maximum atomic E-state index is 12.1. The topological polar surface area (TPSA) is 69.9 Å². The van der Waals surface area contributed by atoms with Crippen LogP contribution >= 0.6 is 11.6 Å². The molecule has 0 atom stereocenters. The standard InChI is InChI=1S/C18H15ClN2O4/c1-12-2-7-16-20-14(8-17(22)21(16)9-12)10-25-18(23)11-24-15-5-3-13(19)4-6-15/h2-9H,10-11H2,1H3. The average molecular weight is 359 g/mol.